The molecule has 30 heavy (non-hydrogen) atoms. The molecule has 0 amide bonds. The summed E-state index contributed by atoms with van der Waals surface area (Å²) in [4.78, 5) is 8.91. The molecule has 0 aliphatic rings. The third-order valence-corrected chi connectivity index (χ3v) is 4.87. The van der Waals surface area contributed by atoms with Crippen molar-refractivity contribution in [2.75, 3.05) is 5.32 Å². The van der Waals surface area contributed by atoms with Gasteiger partial charge in [0.15, 0.2) is 5.65 Å². The number of aromatic nitrogens is 2. The second-order valence-corrected chi connectivity index (χ2v) is 7.03. The number of nitrogens with one attached hydrogen (secondary N) is 1. The van der Waals surface area contributed by atoms with Crippen molar-refractivity contribution in [3.63, 3.8) is 0 Å². The maximum absolute atomic E-state index is 13.4. The van der Waals surface area contributed by atoms with Gasteiger partial charge in [-0.3, -0.25) is 0 Å². The largest absolute Gasteiger partial charge is 0.416 e. The predicted molar refractivity (Wildman–Crippen MR) is 114 cm³/mol. The molecule has 4 aromatic rings. The summed E-state index contributed by atoms with van der Waals surface area (Å²) in [7, 11) is 0. The lowest BCUT2D eigenvalue weighted by Gasteiger charge is -2.17. The first-order valence-electron chi connectivity index (χ1n) is 9.74. The lowest BCUT2D eigenvalue weighted by atomic mass is 10.0. The topological polar surface area (TPSA) is 37.8 Å². The molecule has 0 aliphatic heterocycles. The molecule has 2 aromatic carbocycles. The van der Waals surface area contributed by atoms with E-state index in [4.69, 9.17) is 0 Å². The van der Waals surface area contributed by atoms with Crippen molar-refractivity contribution in [1.29, 1.82) is 0 Å². The van der Waals surface area contributed by atoms with Crippen molar-refractivity contribution in [1.82, 2.24) is 9.97 Å². The van der Waals surface area contributed by atoms with Crippen molar-refractivity contribution >= 4 is 22.4 Å². The zero-order chi connectivity index (χ0) is 21.1. The van der Waals surface area contributed by atoms with Crippen molar-refractivity contribution in [2.45, 2.75) is 25.9 Å². The number of benzene rings is 2. The highest BCUT2D eigenvalue weighted by atomic mass is 19.4. The third kappa shape index (κ3) is 4.13. The van der Waals surface area contributed by atoms with Crippen LogP contribution in [0.15, 0.2) is 72.9 Å². The van der Waals surface area contributed by atoms with E-state index in [1.54, 1.807) is 12.3 Å². The van der Waals surface area contributed by atoms with Crippen molar-refractivity contribution < 1.29 is 13.2 Å². The number of pyridine rings is 2. The summed E-state index contributed by atoms with van der Waals surface area (Å²) < 4.78 is 40.1. The quantitative estimate of drug-likeness (QED) is 0.387. The second-order valence-electron chi connectivity index (χ2n) is 7.03. The molecule has 0 aliphatic carbocycles. The Hall–Kier alpha value is -3.41. The number of aryl methyl sites for hydroxylation is 1. The van der Waals surface area contributed by atoms with Gasteiger partial charge in [-0.2, -0.15) is 13.2 Å². The highest BCUT2D eigenvalue weighted by Gasteiger charge is 2.31. The van der Waals surface area contributed by atoms with E-state index >= 15 is 0 Å². The van der Waals surface area contributed by atoms with Crippen LogP contribution in [0.4, 0.5) is 24.5 Å². The summed E-state index contributed by atoms with van der Waals surface area (Å²) >= 11 is 0. The van der Waals surface area contributed by atoms with Gasteiger partial charge < -0.3 is 5.32 Å². The van der Waals surface area contributed by atoms with Gasteiger partial charge in [-0.05, 0) is 42.3 Å². The molecule has 0 fully saturated rings. The van der Waals surface area contributed by atoms with Gasteiger partial charge in [0.1, 0.15) is 0 Å². The Morgan fingerprint density at radius 2 is 1.70 bits per heavy atom. The third-order valence-electron chi connectivity index (χ3n) is 4.87. The zero-order valence-corrected chi connectivity index (χ0v) is 16.4. The average Bonchev–Trinajstić information content (AvgIpc) is 2.74. The number of rotatable bonds is 5. The molecule has 4 rings (SSSR count). The number of fused-ring (bicyclic) bond motifs is 1. The van der Waals surface area contributed by atoms with Crippen LogP contribution in [0.3, 0.4) is 0 Å². The minimum atomic E-state index is -4.43. The molecule has 0 saturated carbocycles. The molecule has 2 heterocycles. The van der Waals surface area contributed by atoms with Crippen molar-refractivity contribution in [3.05, 3.63) is 84.2 Å². The van der Waals surface area contributed by atoms with Gasteiger partial charge in [-0.25, -0.2) is 9.97 Å². The van der Waals surface area contributed by atoms with E-state index in [-0.39, 0.29) is 0 Å². The Balaban J connectivity index is 1.82. The van der Waals surface area contributed by atoms with Crippen molar-refractivity contribution in [3.8, 4) is 11.1 Å². The van der Waals surface area contributed by atoms with Gasteiger partial charge in [-0.1, -0.05) is 49.7 Å². The number of hydrogen-bond acceptors (Lipinski definition) is 3. The van der Waals surface area contributed by atoms with E-state index in [1.807, 2.05) is 42.5 Å². The highest BCUT2D eigenvalue weighted by Crippen LogP contribution is 2.38. The number of anilines is 2. The Morgan fingerprint density at radius 3 is 2.43 bits per heavy atom. The predicted octanol–water partition coefficient (Wildman–Crippen LogP) is 7.01. The Labute approximate surface area is 172 Å². The SMILES string of the molecule is CCCc1ccc2c(Nc3cc(C(F)(F)F)ccc3-c3ccccc3)ccnc2n1. The van der Waals surface area contributed by atoms with Crippen LogP contribution in [0, 0.1) is 0 Å². The molecule has 152 valence electrons. The van der Waals surface area contributed by atoms with Crippen LogP contribution in [-0.2, 0) is 12.6 Å². The highest BCUT2D eigenvalue weighted by molar-refractivity contribution is 5.93. The normalized spacial score (nSPS) is 11.6. The molecular weight excluding hydrogens is 387 g/mol. The minimum absolute atomic E-state index is 0.376. The minimum Gasteiger partial charge on any atom is -0.354 e. The fourth-order valence-electron chi connectivity index (χ4n) is 3.41. The van der Waals surface area contributed by atoms with Gasteiger partial charge in [0.25, 0.3) is 0 Å². The first kappa shape index (κ1) is 19.9. The molecule has 0 radical (unpaired) electrons. The van der Waals surface area contributed by atoms with Crippen molar-refractivity contribution in [2.24, 2.45) is 0 Å². The number of alkyl halides is 3. The maximum atomic E-state index is 13.4. The van der Waals surface area contributed by atoms with Crippen LogP contribution >= 0.6 is 0 Å². The van der Waals surface area contributed by atoms with Gasteiger partial charge in [0, 0.05) is 28.5 Å². The van der Waals surface area contributed by atoms with Crippen LogP contribution in [0.1, 0.15) is 24.6 Å². The van der Waals surface area contributed by atoms with Crippen LogP contribution in [-0.4, -0.2) is 9.97 Å². The van der Waals surface area contributed by atoms with Gasteiger partial charge in [0.2, 0.25) is 0 Å². The summed E-state index contributed by atoms with van der Waals surface area (Å²) in [5.74, 6) is 0. The Kier molecular flexibility index (Phi) is 5.40. The molecule has 0 unspecified atom stereocenters. The van der Waals surface area contributed by atoms with Gasteiger partial charge >= 0.3 is 6.18 Å². The molecule has 6 heteroatoms. The second kappa shape index (κ2) is 8.14. The van der Waals surface area contributed by atoms with Crippen LogP contribution in [0.25, 0.3) is 22.2 Å². The lowest BCUT2D eigenvalue weighted by molar-refractivity contribution is -0.137. The lowest BCUT2D eigenvalue weighted by Crippen LogP contribution is -2.06. The van der Waals surface area contributed by atoms with E-state index in [2.05, 4.69) is 22.2 Å². The fourth-order valence-corrected chi connectivity index (χ4v) is 3.41. The molecule has 2 aromatic heterocycles. The smallest absolute Gasteiger partial charge is 0.354 e. The summed E-state index contributed by atoms with van der Waals surface area (Å²) in [6.07, 6.45) is -0.992. The van der Waals surface area contributed by atoms with Crippen LogP contribution < -0.4 is 5.32 Å². The molecule has 1 N–H and O–H groups in total. The summed E-state index contributed by atoms with van der Waals surface area (Å²) in [6.45, 7) is 2.08. The monoisotopic (exact) mass is 407 g/mol. The number of halogens is 3. The molecule has 3 nitrogen and oxygen atoms in total. The average molecular weight is 407 g/mol. The maximum Gasteiger partial charge on any atom is 0.416 e. The Morgan fingerprint density at radius 1 is 0.900 bits per heavy atom. The van der Waals surface area contributed by atoms with Crippen LogP contribution in [0.2, 0.25) is 0 Å². The van der Waals surface area contributed by atoms with Gasteiger partial charge in [0.05, 0.1) is 11.3 Å². The van der Waals surface area contributed by atoms with E-state index in [9.17, 15) is 13.2 Å². The zero-order valence-electron chi connectivity index (χ0n) is 16.4. The molecule has 0 spiro atoms. The molecule has 0 atom stereocenters. The molecule has 0 bridgehead atoms. The summed E-state index contributed by atoms with van der Waals surface area (Å²) in [5.41, 5.74) is 3.36. The number of nitrogens with zero attached hydrogens (tertiary/aromatic N) is 2. The number of hydrogen-bond donors (Lipinski definition) is 1. The summed E-state index contributed by atoms with van der Waals surface area (Å²) in [6, 6.07) is 18.7. The molecular formula is C24H20F3N3. The van der Waals surface area contributed by atoms with Gasteiger partial charge in [-0.15, -0.1) is 0 Å². The first-order chi connectivity index (χ1) is 14.5. The van der Waals surface area contributed by atoms with E-state index in [0.717, 1.165) is 41.6 Å². The summed E-state index contributed by atoms with van der Waals surface area (Å²) in [5, 5.41) is 3.96. The Bertz CT molecular complexity index is 1170. The van der Waals surface area contributed by atoms with Crippen LogP contribution in [0.5, 0.6) is 0 Å². The molecule has 0 saturated heterocycles. The fraction of sp³-hybridized carbons (Fsp3) is 0.167. The standard InChI is InChI=1S/C24H20F3N3/c1-2-6-18-10-12-20-21(13-14-28-23(20)29-18)30-22-15-17(24(25,26)27)9-11-19(22)16-7-4-3-5-8-16/h3-5,7-15H,2,6H2,1H3,(H,28,29,30). The van der Waals surface area contributed by atoms with E-state index < -0.39 is 11.7 Å². The first-order valence-corrected chi connectivity index (χ1v) is 9.74. The van der Waals surface area contributed by atoms with E-state index in [0.29, 0.717) is 22.6 Å². The van der Waals surface area contributed by atoms with E-state index in [1.165, 1.54) is 6.07 Å².